The van der Waals surface area contributed by atoms with Crippen LogP contribution in [0.5, 0.6) is 0 Å². The highest BCUT2D eigenvalue weighted by atomic mass is 79.9. The van der Waals surface area contributed by atoms with Crippen LogP contribution in [0.15, 0.2) is 22.7 Å². The van der Waals surface area contributed by atoms with Crippen LogP contribution < -0.4 is 5.32 Å². The second-order valence-electron chi connectivity index (χ2n) is 4.97. The normalized spacial score (nSPS) is 15.8. The topological polar surface area (TPSA) is 69.6 Å². The van der Waals surface area contributed by atoms with Crippen molar-refractivity contribution in [2.24, 2.45) is 5.92 Å². The standard InChI is InChI=1S/C14H16BrFN2O3/c15-10-1-2-11(16)12(7-10)17-8-13(19)18-5-3-9(4-6-18)14(20)21/h1-2,7,9,17H,3-6,8H2,(H,20,21). The molecule has 0 atom stereocenters. The molecule has 1 fully saturated rings. The van der Waals surface area contributed by atoms with E-state index in [-0.39, 0.29) is 24.1 Å². The Morgan fingerprint density at radius 2 is 2.05 bits per heavy atom. The Hall–Kier alpha value is -1.63. The number of anilines is 1. The van der Waals surface area contributed by atoms with Crippen LogP contribution in [0.25, 0.3) is 0 Å². The van der Waals surface area contributed by atoms with Crippen LogP contribution in [0.2, 0.25) is 0 Å². The summed E-state index contributed by atoms with van der Waals surface area (Å²) >= 11 is 3.24. The Morgan fingerprint density at radius 1 is 1.38 bits per heavy atom. The van der Waals surface area contributed by atoms with Crippen LogP contribution in [-0.4, -0.2) is 41.5 Å². The summed E-state index contributed by atoms with van der Waals surface area (Å²) in [6.45, 7) is 0.849. The number of carboxylic acid groups (broad SMARTS) is 1. The quantitative estimate of drug-likeness (QED) is 0.866. The molecule has 1 saturated heterocycles. The van der Waals surface area contributed by atoms with Crippen LogP contribution in [0.1, 0.15) is 12.8 Å². The summed E-state index contributed by atoms with van der Waals surface area (Å²) in [4.78, 5) is 24.5. The van der Waals surface area contributed by atoms with Gasteiger partial charge < -0.3 is 15.3 Å². The number of hydrogen-bond donors (Lipinski definition) is 2. The fourth-order valence-corrected chi connectivity index (χ4v) is 2.65. The number of carbonyl (C=O) groups is 2. The molecule has 0 bridgehead atoms. The van der Waals surface area contributed by atoms with Gasteiger partial charge in [0.25, 0.3) is 0 Å². The highest BCUT2D eigenvalue weighted by Crippen LogP contribution is 2.20. The molecule has 0 unspecified atom stereocenters. The van der Waals surface area contributed by atoms with Gasteiger partial charge in [0, 0.05) is 17.6 Å². The van der Waals surface area contributed by atoms with Gasteiger partial charge in [-0.1, -0.05) is 15.9 Å². The van der Waals surface area contributed by atoms with Gasteiger partial charge in [-0.15, -0.1) is 0 Å². The minimum absolute atomic E-state index is 0.00882. The monoisotopic (exact) mass is 358 g/mol. The van der Waals surface area contributed by atoms with E-state index in [0.29, 0.717) is 25.9 Å². The van der Waals surface area contributed by atoms with Crippen molar-refractivity contribution in [3.05, 3.63) is 28.5 Å². The fraction of sp³-hybridized carbons (Fsp3) is 0.429. The number of nitrogens with zero attached hydrogens (tertiary/aromatic N) is 1. The lowest BCUT2D eigenvalue weighted by Crippen LogP contribution is -2.42. The maximum atomic E-state index is 13.5. The lowest BCUT2D eigenvalue weighted by Gasteiger charge is -2.30. The Morgan fingerprint density at radius 3 is 2.67 bits per heavy atom. The number of halogens is 2. The zero-order valence-electron chi connectivity index (χ0n) is 11.3. The average molecular weight is 359 g/mol. The molecule has 1 aliphatic heterocycles. The lowest BCUT2D eigenvalue weighted by molar-refractivity contribution is -0.145. The van der Waals surface area contributed by atoms with Gasteiger partial charge in [0.2, 0.25) is 5.91 Å². The van der Waals surface area contributed by atoms with Crippen LogP contribution in [0, 0.1) is 11.7 Å². The predicted molar refractivity (Wildman–Crippen MR) is 79.5 cm³/mol. The van der Waals surface area contributed by atoms with Gasteiger partial charge in [-0.25, -0.2) is 4.39 Å². The van der Waals surface area contributed by atoms with Crippen molar-refractivity contribution in [3.63, 3.8) is 0 Å². The van der Waals surface area contributed by atoms with Crippen molar-refractivity contribution >= 4 is 33.5 Å². The van der Waals surface area contributed by atoms with Crippen LogP contribution >= 0.6 is 15.9 Å². The molecule has 1 aromatic rings. The lowest BCUT2D eigenvalue weighted by atomic mass is 9.97. The molecular formula is C14H16BrFN2O3. The number of benzene rings is 1. The molecule has 114 valence electrons. The Labute approximate surface area is 130 Å². The summed E-state index contributed by atoms with van der Waals surface area (Å²) in [5.74, 6) is -1.75. The van der Waals surface area contributed by atoms with E-state index in [4.69, 9.17) is 5.11 Å². The van der Waals surface area contributed by atoms with Gasteiger partial charge >= 0.3 is 5.97 Å². The molecule has 7 heteroatoms. The number of piperidine rings is 1. The van der Waals surface area contributed by atoms with E-state index in [1.807, 2.05) is 0 Å². The first kappa shape index (κ1) is 15.8. The third-order valence-corrected chi connectivity index (χ3v) is 4.05. The van der Waals surface area contributed by atoms with E-state index in [9.17, 15) is 14.0 Å². The van der Waals surface area contributed by atoms with Gasteiger partial charge in [-0.2, -0.15) is 0 Å². The summed E-state index contributed by atoms with van der Waals surface area (Å²) in [7, 11) is 0. The molecule has 1 heterocycles. The highest BCUT2D eigenvalue weighted by molar-refractivity contribution is 9.10. The third-order valence-electron chi connectivity index (χ3n) is 3.56. The second kappa shape index (κ2) is 6.89. The molecule has 1 aromatic carbocycles. The molecule has 2 N–H and O–H groups in total. The van der Waals surface area contributed by atoms with E-state index in [0.717, 1.165) is 4.47 Å². The summed E-state index contributed by atoms with van der Waals surface area (Å²) in [6, 6.07) is 4.47. The zero-order valence-corrected chi connectivity index (χ0v) is 12.9. The van der Waals surface area contributed by atoms with E-state index in [1.165, 1.54) is 6.07 Å². The van der Waals surface area contributed by atoms with Crippen LogP contribution in [0.4, 0.5) is 10.1 Å². The van der Waals surface area contributed by atoms with Gasteiger partial charge in [0.15, 0.2) is 0 Å². The van der Waals surface area contributed by atoms with E-state index in [2.05, 4.69) is 21.2 Å². The van der Waals surface area contributed by atoms with Gasteiger partial charge in [-0.3, -0.25) is 9.59 Å². The van der Waals surface area contributed by atoms with Crippen molar-refractivity contribution < 1.29 is 19.1 Å². The smallest absolute Gasteiger partial charge is 0.306 e. The van der Waals surface area contributed by atoms with E-state index in [1.54, 1.807) is 17.0 Å². The average Bonchev–Trinajstić information content (AvgIpc) is 2.48. The third kappa shape index (κ3) is 4.17. The molecule has 1 amide bonds. The molecule has 21 heavy (non-hydrogen) atoms. The largest absolute Gasteiger partial charge is 0.481 e. The predicted octanol–water partition coefficient (Wildman–Crippen LogP) is 2.32. The molecule has 0 spiro atoms. The van der Waals surface area contributed by atoms with Crippen LogP contribution in [0.3, 0.4) is 0 Å². The van der Waals surface area contributed by atoms with Crippen LogP contribution in [-0.2, 0) is 9.59 Å². The van der Waals surface area contributed by atoms with Crippen molar-refractivity contribution in [2.75, 3.05) is 25.0 Å². The number of nitrogens with one attached hydrogen (secondary N) is 1. The molecule has 0 saturated carbocycles. The first-order valence-electron chi connectivity index (χ1n) is 6.67. The highest BCUT2D eigenvalue weighted by Gasteiger charge is 2.26. The Bertz CT molecular complexity index is 545. The SMILES string of the molecule is O=C(O)C1CCN(C(=O)CNc2cc(Br)ccc2F)CC1. The Balaban J connectivity index is 1.85. The zero-order chi connectivity index (χ0) is 15.4. The van der Waals surface area contributed by atoms with Crippen molar-refractivity contribution in [3.8, 4) is 0 Å². The summed E-state index contributed by atoms with van der Waals surface area (Å²) < 4.78 is 14.3. The molecule has 2 rings (SSSR count). The van der Waals surface area contributed by atoms with Gasteiger partial charge in [0.1, 0.15) is 5.82 Å². The minimum atomic E-state index is -0.809. The van der Waals surface area contributed by atoms with Crippen molar-refractivity contribution in [2.45, 2.75) is 12.8 Å². The molecular weight excluding hydrogens is 343 g/mol. The number of carbonyl (C=O) groups excluding carboxylic acids is 1. The van der Waals surface area contributed by atoms with Crippen molar-refractivity contribution in [1.82, 2.24) is 4.90 Å². The summed E-state index contributed by atoms with van der Waals surface area (Å²) in [5, 5.41) is 11.7. The number of amides is 1. The molecule has 0 aliphatic carbocycles. The van der Waals surface area contributed by atoms with E-state index >= 15 is 0 Å². The second-order valence-corrected chi connectivity index (χ2v) is 5.89. The minimum Gasteiger partial charge on any atom is -0.481 e. The number of likely N-dealkylation sites (tertiary alicyclic amines) is 1. The van der Waals surface area contributed by atoms with Crippen molar-refractivity contribution in [1.29, 1.82) is 0 Å². The molecule has 5 nitrogen and oxygen atoms in total. The van der Waals surface area contributed by atoms with E-state index < -0.39 is 11.8 Å². The number of carboxylic acids is 1. The molecule has 1 aliphatic rings. The number of aliphatic carboxylic acids is 1. The maximum absolute atomic E-state index is 13.5. The maximum Gasteiger partial charge on any atom is 0.306 e. The molecule has 0 aromatic heterocycles. The molecule has 0 radical (unpaired) electrons. The first-order chi connectivity index (χ1) is 9.97. The Kier molecular flexibility index (Phi) is 5.17. The summed E-state index contributed by atoms with van der Waals surface area (Å²) in [6.07, 6.45) is 0.929. The number of rotatable bonds is 4. The number of hydrogen-bond acceptors (Lipinski definition) is 3. The van der Waals surface area contributed by atoms with Gasteiger partial charge in [0.05, 0.1) is 18.2 Å². The fourth-order valence-electron chi connectivity index (χ4n) is 2.29. The summed E-state index contributed by atoms with van der Waals surface area (Å²) in [5.41, 5.74) is 0.262. The van der Waals surface area contributed by atoms with Gasteiger partial charge in [-0.05, 0) is 31.0 Å². The first-order valence-corrected chi connectivity index (χ1v) is 7.46.